The molecule has 6 nitrogen and oxygen atoms in total. The Bertz CT molecular complexity index is 621. The number of likely N-dealkylation sites (tertiary alicyclic amines) is 1. The average molecular weight is 292 g/mol. The smallest absolute Gasteiger partial charge is 0.276 e. The number of piperidine rings is 1. The molecule has 0 aliphatic carbocycles. The normalized spacial score (nSPS) is 19.3. The molecule has 7 heteroatoms. The van der Waals surface area contributed by atoms with E-state index in [0.717, 1.165) is 29.4 Å². The van der Waals surface area contributed by atoms with Gasteiger partial charge in [0.1, 0.15) is 15.8 Å². The second-order valence-electron chi connectivity index (χ2n) is 5.07. The molecule has 1 amide bonds. The number of carbonyl (C=O) groups excluding carboxylic acids is 1. The molecule has 3 rings (SSSR count). The van der Waals surface area contributed by atoms with Gasteiger partial charge in [0.05, 0.1) is 0 Å². The predicted octanol–water partition coefficient (Wildman–Crippen LogP) is 2.16. The van der Waals surface area contributed by atoms with Crippen molar-refractivity contribution in [1.82, 2.24) is 20.3 Å². The Balaban J connectivity index is 1.73. The van der Waals surface area contributed by atoms with Crippen LogP contribution in [0.1, 0.15) is 45.0 Å². The SMILES string of the molecule is Cc1cc(C(=O)N2CCC[C@@H](c3nnc(C)s3)C2)no1. The summed E-state index contributed by atoms with van der Waals surface area (Å²) in [7, 11) is 0. The lowest BCUT2D eigenvalue weighted by molar-refractivity contribution is 0.0696. The molecule has 1 saturated heterocycles. The van der Waals surface area contributed by atoms with Gasteiger partial charge in [-0.1, -0.05) is 5.16 Å². The minimum Gasteiger partial charge on any atom is -0.361 e. The molecule has 0 saturated carbocycles. The van der Waals surface area contributed by atoms with Crippen LogP contribution in [-0.2, 0) is 0 Å². The third-order valence-electron chi connectivity index (χ3n) is 3.45. The van der Waals surface area contributed by atoms with E-state index in [0.29, 0.717) is 18.0 Å². The van der Waals surface area contributed by atoms with E-state index in [1.807, 2.05) is 11.8 Å². The maximum atomic E-state index is 12.4. The van der Waals surface area contributed by atoms with Gasteiger partial charge in [-0.3, -0.25) is 4.79 Å². The fourth-order valence-corrected chi connectivity index (χ4v) is 3.29. The molecule has 106 valence electrons. The Hall–Kier alpha value is -1.76. The van der Waals surface area contributed by atoms with Gasteiger partial charge in [0.2, 0.25) is 0 Å². The summed E-state index contributed by atoms with van der Waals surface area (Å²) < 4.78 is 4.97. The summed E-state index contributed by atoms with van der Waals surface area (Å²) in [6, 6.07) is 1.68. The van der Waals surface area contributed by atoms with Gasteiger partial charge in [0, 0.05) is 25.1 Å². The van der Waals surface area contributed by atoms with Crippen LogP contribution in [0.2, 0.25) is 0 Å². The van der Waals surface area contributed by atoms with Crippen LogP contribution >= 0.6 is 11.3 Å². The van der Waals surface area contributed by atoms with Crippen LogP contribution in [0.4, 0.5) is 0 Å². The number of amides is 1. The zero-order valence-corrected chi connectivity index (χ0v) is 12.3. The van der Waals surface area contributed by atoms with Gasteiger partial charge in [-0.15, -0.1) is 21.5 Å². The maximum absolute atomic E-state index is 12.4. The molecule has 2 aromatic rings. The van der Waals surface area contributed by atoms with Crippen LogP contribution in [0.25, 0.3) is 0 Å². The van der Waals surface area contributed by atoms with Crippen molar-refractivity contribution < 1.29 is 9.32 Å². The summed E-state index contributed by atoms with van der Waals surface area (Å²) >= 11 is 1.61. The van der Waals surface area contributed by atoms with Crippen LogP contribution in [-0.4, -0.2) is 39.3 Å². The first-order valence-corrected chi connectivity index (χ1v) is 7.47. The third-order valence-corrected chi connectivity index (χ3v) is 4.45. The van der Waals surface area contributed by atoms with E-state index in [1.54, 1.807) is 24.3 Å². The van der Waals surface area contributed by atoms with E-state index >= 15 is 0 Å². The van der Waals surface area contributed by atoms with Gasteiger partial charge < -0.3 is 9.42 Å². The average Bonchev–Trinajstić information content (AvgIpc) is 3.07. The first kappa shape index (κ1) is 13.2. The van der Waals surface area contributed by atoms with Crippen LogP contribution in [0.3, 0.4) is 0 Å². The molecule has 1 fully saturated rings. The fourth-order valence-electron chi connectivity index (χ4n) is 2.47. The van der Waals surface area contributed by atoms with Gasteiger partial charge in [-0.25, -0.2) is 0 Å². The van der Waals surface area contributed by atoms with Crippen molar-refractivity contribution in [2.24, 2.45) is 0 Å². The van der Waals surface area contributed by atoms with Crippen molar-refractivity contribution in [3.8, 4) is 0 Å². The zero-order chi connectivity index (χ0) is 14.1. The number of hydrogen-bond donors (Lipinski definition) is 0. The van der Waals surface area contributed by atoms with E-state index < -0.39 is 0 Å². The fraction of sp³-hybridized carbons (Fsp3) is 0.538. The summed E-state index contributed by atoms with van der Waals surface area (Å²) in [6.45, 7) is 5.18. The molecule has 20 heavy (non-hydrogen) atoms. The zero-order valence-electron chi connectivity index (χ0n) is 11.5. The Kier molecular flexibility index (Phi) is 3.52. The number of rotatable bonds is 2. The van der Waals surface area contributed by atoms with E-state index in [1.165, 1.54) is 0 Å². The lowest BCUT2D eigenvalue weighted by Crippen LogP contribution is -2.39. The largest absolute Gasteiger partial charge is 0.361 e. The lowest BCUT2D eigenvalue weighted by atomic mass is 9.98. The van der Waals surface area contributed by atoms with E-state index in [-0.39, 0.29) is 11.8 Å². The highest BCUT2D eigenvalue weighted by Gasteiger charge is 2.28. The first-order chi connectivity index (χ1) is 9.63. The summed E-state index contributed by atoms with van der Waals surface area (Å²) in [5.41, 5.74) is 0.386. The van der Waals surface area contributed by atoms with Crippen molar-refractivity contribution in [1.29, 1.82) is 0 Å². The van der Waals surface area contributed by atoms with Crippen LogP contribution in [0.15, 0.2) is 10.6 Å². The second kappa shape index (κ2) is 5.32. The highest BCUT2D eigenvalue weighted by Crippen LogP contribution is 2.29. The van der Waals surface area contributed by atoms with Gasteiger partial charge >= 0.3 is 0 Å². The van der Waals surface area contributed by atoms with Gasteiger partial charge in [0.15, 0.2) is 5.69 Å². The van der Waals surface area contributed by atoms with Gasteiger partial charge in [-0.2, -0.15) is 0 Å². The number of carbonyl (C=O) groups is 1. The first-order valence-electron chi connectivity index (χ1n) is 6.66. The van der Waals surface area contributed by atoms with Crippen LogP contribution in [0, 0.1) is 13.8 Å². The van der Waals surface area contributed by atoms with Crippen molar-refractivity contribution >= 4 is 17.2 Å². The van der Waals surface area contributed by atoms with E-state index in [4.69, 9.17) is 4.52 Å². The topological polar surface area (TPSA) is 72.1 Å². The van der Waals surface area contributed by atoms with Gasteiger partial charge in [-0.05, 0) is 26.7 Å². The predicted molar refractivity (Wildman–Crippen MR) is 73.8 cm³/mol. The van der Waals surface area contributed by atoms with Crippen molar-refractivity contribution in [3.05, 3.63) is 27.5 Å². The molecule has 0 bridgehead atoms. The van der Waals surface area contributed by atoms with E-state index in [9.17, 15) is 4.79 Å². The maximum Gasteiger partial charge on any atom is 0.276 e. The molecule has 1 aliphatic rings. The molecular weight excluding hydrogens is 276 g/mol. The monoisotopic (exact) mass is 292 g/mol. The van der Waals surface area contributed by atoms with Crippen LogP contribution in [0.5, 0.6) is 0 Å². The molecule has 3 heterocycles. The minimum atomic E-state index is -0.0622. The minimum absolute atomic E-state index is 0.0622. The van der Waals surface area contributed by atoms with Crippen molar-refractivity contribution in [2.75, 3.05) is 13.1 Å². The Labute approximate surface area is 120 Å². The molecule has 1 aliphatic heterocycles. The molecule has 0 spiro atoms. The summed E-state index contributed by atoms with van der Waals surface area (Å²) in [5.74, 6) is 0.876. The molecule has 1 atom stereocenters. The van der Waals surface area contributed by atoms with E-state index in [2.05, 4.69) is 15.4 Å². The standard InChI is InChI=1S/C13H16N4O2S/c1-8-6-11(16-19-8)13(18)17-5-3-4-10(7-17)12-15-14-9(2)20-12/h6,10H,3-5,7H2,1-2H3/t10-/m1/s1. The number of nitrogens with zero attached hydrogens (tertiary/aromatic N) is 4. The van der Waals surface area contributed by atoms with Crippen molar-refractivity contribution in [3.63, 3.8) is 0 Å². The summed E-state index contributed by atoms with van der Waals surface area (Å²) in [4.78, 5) is 14.2. The Morgan fingerprint density at radius 1 is 1.45 bits per heavy atom. The molecule has 0 radical (unpaired) electrons. The Morgan fingerprint density at radius 3 is 2.95 bits per heavy atom. The van der Waals surface area contributed by atoms with Gasteiger partial charge in [0.25, 0.3) is 5.91 Å². The third kappa shape index (κ3) is 2.58. The molecule has 2 aromatic heterocycles. The van der Waals surface area contributed by atoms with Crippen LogP contribution < -0.4 is 0 Å². The molecule has 0 unspecified atom stereocenters. The molecular formula is C13H16N4O2S. The second-order valence-corrected chi connectivity index (χ2v) is 6.29. The number of aromatic nitrogens is 3. The lowest BCUT2D eigenvalue weighted by Gasteiger charge is -2.30. The molecule has 0 N–H and O–H groups in total. The highest BCUT2D eigenvalue weighted by atomic mass is 32.1. The highest BCUT2D eigenvalue weighted by molar-refractivity contribution is 7.11. The van der Waals surface area contributed by atoms with Crippen molar-refractivity contribution in [2.45, 2.75) is 32.6 Å². The summed E-state index contributed by atoms with van der Waals surface area (Å²) in [6.07, 6.45) is 2.03. The quantitative estimate of drug-likeness (QED) is 0.848. The number of aryl methyl sites for hydroxylation is 2. The summed E-state index contributed by atoms with van der Waals surface area (Å²) in [5, 5.41) is 14.1. The molecule has 0 aromatic carbocycles. The Morgan fingerprint density at radius 2 is 2.30 bits per heavy atom. The number of hydrogen-bond acceptors (Lipinski definition) is 6.